The number of hydrogen-bond donors (Lipinski definition) is 0. The van der Waals surface area contributed by atoms with E-state index in [-0.39, 0.29) is 28.8 Å². The zero-order chi connectivity index (χ0) is 18.4. The summed E-state index contributed by atoms with van der Waals surface area (Å²) in [5.41, 5.74) is 1.11. The third-order valence-electron chi connectivity index (χ3n) is 4.75. The average molecular weight is 347 g/mol. The maximum atomic E-state index is 12.5. The molecule has 25 heavy (non-hydrogen) atoms. The van der Waals surface area contributed by atoms with E-state index in [0.717, 1.165) is 18.4 Å². The summed E-state index contributed by atoms with van der Waals surface area (Å²) in [5, 5.41) is 11.4. The Bertz CT molecular complexity index is 684. The molecule has 0 spiro atoms. The van der Waals surface area contributed by atoms with Crippen LogP contribution in [0, 0.1) is 17.0 Å². The lowest BCUT2D eigenvalue weighted by molar-refractivity contribution is -0.384. The summed E-state index contributed by atoms with van der Waals surface area (Å²) in [4.78, 5) is 27.5. The van der Waals surface area contributed by atoms with E-state index in [9.17, 15) is 14.9 Å². The minimum Gasteiger partial charge on any atom is -0.444 e. The molecule has 2 aliphatic rings. The quantitative estimate of drug-likeness (QED) is 0.604. The Hall–Kier alpha value is -2.31. The van der Waals surface area contributed by atoms with Crippen molar-refractivity contribution in [2.45, 2.75) is 58.2 Å². The van der Waals surface area contributed by atoms with Gasteiger partial charge >= 0.3 is 6.09 Å². The van der Waals surface area contributed by atoms with Gasteiger partial charge in [0, 0.05) is 19.2 Å². The number of anilines is 1. The van der Waals surface area contributed by atoms with Gasteiger partial charge in [0.25, 0.3) is 5.69 Å². The molecule has 2 aliphatic heterocycles. The molecule has 7 nitrogen and oxygen atoms in total. The molecule has 3 rings (SSSR count). The first-order valence-electron chi connectivity index (χ1n) is 8.67. The first-order valence-corrected chi connectivity index (χ1v) is 8.67. The molecule has 1 aromatic rings. The summed E-state index contributed by atoms with van der Waals surface area (Å²) in [6, 6.07) is 5.39. The Labute approximate surface area is 147 Å². The van der Waals surface area contributed by atoms with E-state index in [1.165, 1.54) is 0 Å². The number of fused-ring (bicyclic) bond motifs is 2. The molecule has 0 aromatic heterocycles. The summed E-state index contributed by atoms with van der Waals surface area (Å²) in [7, 11) is 0. The van der Waals surface area contributed by atoms with Crippen molar-refractivity contribution in [2.24, 2.45) is 0 Å². The van der Waals surface area contributed by atoms with Crippen molar-refractivity contribution in [1.29, 1.82) is 0 Å². The second-order valence-electron chi connectivity index (χ2n) is 7.93. The van der Waals surface area contributed by atoms with E-state index in [1.54, 1.807) is 6.07 Å². The van der Waals surface area contributed by atoms with Crippen LogP contribution >= 0.6 is 0 Å². The Balaban J connectivity index is 1.81. The lowest BCUT2D eigenvalue weighted by Gasteiger charge is -2.42. The molecule has 0 radical (unpaired) electrons. The highest BCUT2D eigenvalue weighted by Crippen LogP contribution is 2.37. The van der Waals surface area contributed by atoms with Gasteiger partial charge in [0.2, 0.25) is 0 Å². The van der Waals surface area contributed by atoms with Gasteiger partial charge in [-0.15, -0.1) is 0 Å². The van der Waals surface area contributed by atoms with Crippen LogP contribution in [0.3, 0.4) is 0 Å². The number of aryl methyl sites for hydroxylation is 1. The molecular weight excluding hydrogens is 322 g/mol. The van der Waals surface area contributed by atoms with Crippen molar-refractivity contribution in [3.8, 4) is 0 Å². The fourth-order valence-corrected chi connectivity index (χ4v) is 3.76. The largest absolute Gasteiger partial charge is 0.444 e. The maximum absolute atomic E-state index is 12.5. The van der Waals surface area contributed by atoms with Crippen LogP contribution in [-0.2, 0) is 4.74 Å². The number of ether oxygens (including phenoxy) is 1. The van der Waals surface area contributed by atoms with Gasteiger partial charge in [-0.1, -0.05) is 6.07 Å². The van der Waals surface area contributed by atoms with Crippen molar-refractivity contribution in [3.63, 3.8) is 0 Å². The number of hydrogen-bond acceptors (Lipinski definition) is 5. The smallest absolute Gasteiger partial charge is 0.410 e. The summed E-state index contributed by atoms with van der Waals surface area (Å²) >= 11 is 0. The molecule has 1 aromatic carbocycles. The molecule has 2 fully saturated rings. The van der Waals surface area contributed by atoms with Crippen molar-refractivity contribution in [1.82, 2.24) is 4.90 Å². The highest BCUT2D eigenvalue weighted by Gasteiger charge is 2.45. The number of piperazine rings is 1. The second kappa shape index (κ2) is 6.20. The Morgan fingerprint density at radius 3 is 2.36 bits per heavy atom. The van der Waals surface area contributed by atoms with E-state index in [0.29, 0.717) is 18.8 Å². The molecule has 1 amide bonds. The van der Waals surface area contributed by atoms with E-state index in [4.69, 9.17) is 4.74 Å². The lowest BCUT2D eigenvalue weighted by atomic mass is 10.1. The predicted octanol–water partition coefficient (Wildman–Crippen LogP) is 3.49. The number of rotatable bonds is 2. The molecule has 2 heterocycles. The molecule has 0 aliphatic carbocycles. The summed E-state index contributed by atoms with van der Waals surface area (Å²) in [6.45, 7) is 8.62. The minimum absolute atomic E-state index is 0.0366. The SMILES string of the molecule is Cc1ccc(N2CC3CCC(C2)N3C(=O)OC(C)(C)C)c([N+](=O)[O-])c1. The van der Waals surface area contributed by atoms with E-state index < -0.39 is 5.60 Å². The maximum Gasteiger partial charge on any atom is 0.410 e. The third-order valence-corrected chi connectivity index (χ3v) is 4.75. The van der Waals surface area contributed by atoms with Crippen LogP contribution in [0.15, 0.2) is 18.2 Å². The number of nitrogens with zero attached hydrogens (tertiary/aromatic N) is 3. The standard InChI is InChI=1S/C18H25N3O4/c1-12-5-8-15(16(9-12)21(23)24)19-10-13-6-7-14(11-19)20(13)17(22)25-18(2,3)4/h5,8-9,13-14H,6-7,10-11H2,1-4H3. The van der Waals surface area contributed by atoms with Crippen LogP contribution < -0.4 is 4.90 Å². The van der Waals surface area contributed by atoms with Crippen molar-refractivity contribution >= 4 is 17.5 Å². The topological polar surface area (TPSA) is 75.9 Å². The van der Waals surface area contributed by atoms with Gasteiger partial charge in [0.15, 0.2) is 0 Å². The Kier molecular flexibility index (Phi) is 4.34. The number of benzene rings is 1. The molecule has 2 saturated heterocycles. The molecule has 0 N–H and O–H groups in total. The minimum atomic E-state index is -0.524. The highest BCUT2D eigenvalue weighted by atomic mass is 16.6. The van der Waals surface area contributed by atoms with Gasteiger partial charge in [-0.05, 0) is 52.2 Å². The zero-order valence-corrected chi connectivity index (χ0v) is 15.2. The second-order valence-corrected chi connectivity index (χ2v) is 7.93. The Morgan fingerprint density at radius 1 is 1.24 bits per heavy atom. The predicted molar refractivity (Wildman–Crippen MR) is 94.9 cm³/mol. The summed E-state index contributed by atoms with van der Waals surface area (Å²) in [5.74, 6) is 0. The van der Waals surface area contributed by atoms with Crippen LogP contribution in [0.25, 0.3) is 0 Å². The molecular formula is C18H25N3O4. The van der Waals surface area contributed by atoms with Gasteiger partial charge in [0.05, 0.1) is 17.0 Å². The van der Waals surface area contributed by atoms with Gasteiger partial charge in [0.1, 0.15) is 11.3 Å². The monoisotopic (exact) mass is 347 g/mol. The summed E-state index contributed by atoms with van der Waals surface area (Å²) < 4.78 is 5.54. The van der Waals surface area contributed by atoms with E-state index >= 15 is 0 Å². The van der Waals surface area contributed by atoms with Crippen LogP contribution in [-0.4, -0.2) is 46.7 Å². The van der Waals surface area contributed by atoms with Crippen molar-refractivity contribution in [2.75, 3.05) is 18.0 Å². The zero-order valence-electron chi connectivity index (χ0n) is 15.2. The highest BCUT2D eigenvalue weighted by molar-refractivity contribution is 5.71. The van der Waals surface area contributed by atoms with Crippen LogP contribution in [0.2, 0.25) is 0 Å². The number of carbonyl (C=O) groups is 1. The fourth-order valence-electron chi connectivity index (χ4n) is 3.76. The first kappa shape index (κ1) is 17.5. The number of nitro benzene ring substituents is 1. The van der Waals surface area contributed by atoms with Crippen molar-refractivity contribution < 1.29 is 14.5 Å². The molecule has 2 unspecified atom stereocenters. The number of nitro groups is 1. The van der Waals surface area contributed by atoms with Crippen LogP contribution in [0.5, 0.6) is 0 Å². The molecule has 0 saturated carbocycles. The summed E-state index contributed by atoms with van der Waals surface area (Å²) in [6.07, 6.45) is 1.53. The van der Waals surface area contributed by atoms with Gasteiger partial charge < -0.3 is 9.64 Å². The molecule has 136 valence electrons. The first-order chi connectivity index (χ1) is 11.7. The normalized spacial score (nSPS) is 22.9. The van der Waals surface area contributed by atoms with Crippen LogP contribution in [0.4, 0.5) is 16.2 Å². The third kappa shape index (κ3) is 3.55. The van der Waals surface area contributed by atoms with Gasteiger partial charge in [-0.25, -0.2) is 4.79 Å². The molecule has 2 atom stereocenters. The van der Waals surface area contributed by atoms with Gasteiger partial charge in [-0.2, -0.15) is 0 Å². The van der Waals surface area contributed by atoms with Gasteiger partial charge in [-0.3, -0.25) is 15.0 Å². The fraction of sp³-hybridized carbons (Fsp3) is 0.611. The number of amides is 1. The van der Waals surface area contributed by atoms with Crippen molar-refractivity contribution in [3.05, 3.63) is 33.9 Å². The molecule has 2 bridgehead atoms. The lowest BCUT2D eigenvalue weighted by Crippen LogP contribution is -2.56. The molecule has 7 heteroatoms. The van der Waals surface area contributed by atoms with E-state index in [2.05, 4.69) is 0 Å². The van der Waals surface area contributed by atoms with Crippen LogP contribution in [0.1, 0.15) is 39.2 Å². The average Bonchev–Trinajstić information content (AvgIpc) is 2.76. The Morgan fingerprint density at radius 2 is 1.84 bits per heavy atom. The number of carbonyl (C=O) groups excluding carboxylic acids is 1. The van der Waals surface area contributed by atoms with E-state index in [1.807, 2.05) is 49.6 Å².